The second-order valence-electron chi connectivity index (χ2n) is 7.28. The Labute approximate surface area is 185 Å². The molecule has 0 saturated heterocycles. The van der Waals surface area contributed by atoms with Crippen LogP contribution in [0, 0.1) is 13.8 Å². The quantitative estimate of drug-likeness (QED) is 0.348. The zero-order chi connectivity index (χ0) is 20.2. The molecule has 0 bridgehead atoms. The highest BCUT2D eigenvalue weighted by atomic mass is 127. The van der Waals surface area contributed by atoms with E-state index in [1.807, 2.05) is 48.9 Å². The van der Waals surface area contributed by atoms with Crippen LogP contribution in [0.5, 0.6) is 0 Å². The summed E-state index contributed by atoms with van der Waals surface area (Å²) in [5.41, 5.74) is 4.10. The molecule has 0 amide bonds. The van der Waals surface area contributed by atoms with Crippen LogP contribution < -0.4 is 10.6 Å². The molecular formula is C19H30IN5O2S. The van der Waals surface area contributed by atoms with Gasteiger partial charge in [0.15, 0.2) is 15.8 Å². The zero-order valence-corrected chi connectivity index (χ0v) is 20.4. The van der Waals surface area contributed by atoms with Crippen LogP contribution in [-0.4, -0.2) is 48.8 Å². The molecule has 0 aliphatic rings. The number of para-hydroxylation sites is 1. The topological polar surface area (TPSA) is 88.4 Å². The minimum absolute atomic E-state index is 0. The van der Waals surface area contributed by atoms with Gasteiger partial charge in [0.1, 0.15) is 0 Å². The third-order valence-electron chi connectivity index (χ3n) is 4.58. The molecule has 156 valence electrons. The molecule has 2 N–H and O–H groups in total. The molecule has 0 spiro atoms. The summed E-state index contributed by atoms with van der Waals surface area (Å²) in [7, 11) is -1.51. The van der Waals surface area contributed by atoms with E-state index in [2.05, 4.69) is 20.7 Å². The number of nitrogens with zero attached hydrogens (tertiary/aromatic N) is 3. The predicted molar refractivity (Wildman–Crippen MR) is 126 cm³/mol. The van der Waals surface area contributed by atoms with Gasteiger partial charge in [0.2, 0.25) is 0 Å². The van der Waals surface area contributed by atoms with Crippen molar-refractivity contribution in [2.45, 2.75) is 39.0 Å². The van der Waals surface area contributed by atoms with E-state index in [0.717, 1.165) is 22.6 Å². The summed E-state index contributed by atoms with van der Waals surface area (Å²) in [5, 5.41) is 10.9. The Morgan fingerprint density at radius 3 is 2.39 bits per heavy atom. The fourth-order valence-electron chi connectivity index (χ4n) is 2.57. The van der Waals surface area contributed by atoms with Crippen molar-refractivity contribution < 1.29 is 8.42 Å². The molecule has 1 aromatic carbocycles. The molecular weight excluding hydrogens is 489 g/mol. The van der Waals surface area contributed by atoms with Crippen LogP contribution in [0.2, 0.25) is 0 Å². The number of aliphatic imine (C=N–C) groups is 1. The maximum absolute atomic E-state index is 11.9. The number of guanidine groups is 1. The van der Waals surface area contributed by atoms with Crippen LogP contribution in [0.25, 0.3) is 5.69 Å². The van der Waals surface area contributed by atoms with Crippen LogP contribution in [0.3, 0.4) is 0 Å². The lowest BCUT2D eigenvalue weighted by molar-refractivity contribution is 0.544. The number of nitrogens with one attached hydrogen (secondary N) is 2. The van der Waals surface area contributed by atoms with E-state index < -0.39 is 14.6 Å². The van der Waals surface area contributed by atoms with E-state index in [9.17, 15) is 8.42 Å². The van der Waals surface area contributed by atoms with Gasteiger partial charge in [-0.25, -0.2) is 13.1 Å². The van der Waals surface area contributed by atoms with Crippen molar-refractivity contribution in [1.82, 2.24) is 20.4 Å². The summed E-state index contributed by atoms with van der Waals surface area (Å²) in [6.07, 6.45) is 1.25. The van der Waals surface area contributed by atoms with Crippen LogP contribution in [0.15, 0.2) is 35.3 Å². The van der Waals surface area contributed by atoms with Crippen molar-refractivity contribution >= 4 is 39.8 Å². The lowest BCUT2D eigenvalue weighted by Crippen LogP contribution is -2.47. The highest BCUT2D eigenvalue weighted by molar-refractivity contribution is 14.0. The minimum atomic E-state index is -3.18. The summed E-state index contributed by atoms with van der Waals surface area (Å²) >= 11 is 0. The van der Waals surface area contributed by atoms with E-state index in [1.54, 1.807) is 20.9 Å². The predicted octanol–water partition coefficient (Wildman–Crippen LogP) is 2.60. The normalized spacial score (nSPS) is 12.4. The van der Waals surface area contributed by atoms with Gasteiger partial charge in [-0.2, -0.15) is 5.10 Å². The fourth-order valence-corrected chi connectivity index (χ4v) is 2.90. The summed E-state index contributed by atoms with van der Waals surface area (Å²) in [6.45, 7) is 8.19. The van der Waals surface area contributed by atoms with E-state index in [-0.39, 0.29) is 30.5 Å². The summed E-state index contributed by atoms with van der Waals surface area (Å²) < 4.78 is 24.8. The van der Waals surface area contributed by atoms with Crippen LogP contribution in [0.1, 0.15) is 30.8 Å². The van der Waals surface area contributed by atoms with Crippen molar-refractivity contribution in [1.29, 1.82) is 0 Å². The molecule has 2 aromatic rings. The highest BCUT2D eigenvalue weighted by Crippen LogP contribution is 2.17. The second-order valence-corrected chi connectivity index (χ2v) is 9.93. The third-order valence-corrected chi connectivity index (χ3v) is 6.74. The molecule has 7 nitrogen and oxygen atoms in total. The average Bonchev–Trinajstić information content (AvgIpc) is 2.92. The standard InChI is InChI=1S/C19H29N5O2S.HI/c1-14-11-15(2)24(23-14)17-10-8-7-9-16(17)12-21-18(20-5)22-13-19(3,4)27(6,25)26;/h7-11H,12-13H2,1-6H3,(H2,20,21,22);1H. The minimum Gasteiger partial charge on any atom is -0.355 e. The summed E-state index contributed by atoms with van der Waals surface area (Å²) in [5.74, 6) is 0.551. The molecule has 28 heavy (non-hydrogen) atoms. The number of benzene rings is 1. The van der Waals surface area contributed by atoms with Crippen molar-refractivity contribution in [2.24, 2.45) is 4.99 Å². The number of aryl methyl sites for hydroxylation is 2. The van der Waals surface area contributed by atoms with Gasteiger partial charge >= 0.3 is 0 Å². The Morgan fingerprint density at radius 2 is 1.86 bits per heavy atom. The average molecular weight is 519 g/mol. The highest BCUT2D eigenvalue weighted by Gasteiger charge is 2.30. The van der Waals surface area contributed by atoms with Gasteiger partial charge in [0.25, 0.3) is 0 Å². The van der Waals surface area contributed by atoms with Crippen LogP contribution >= 0.6 is 24.0 Å². The Kier molecular flexibility index (Phi) is 8.48. The van der Waals surface area contributed by atoms with Gasteiger partial charge in [-0.1, -0.05) is 18.2 Å². The molecule has 9 heteroatoms. The van der Waals surface area contributed by atoms with Gasteiger partial charge in [-0.15, -0.1) is 24.0 Å². The van der Waals surface area contributed by atoms with Gasteiger partial charge < -0.3 is 10.6 Å². The van der Waals surface area contributed by atoms with Crippen LogP contribution in [-0.2, 0) is 16.4 Å². The Balaban J connectivity index is 0.00000392. The number of aromatic nitrogens is 2. The molecule has 0 radical (unpaired) electrons. The molecule has 0 fully saturated rings. The number of rotatable bonds is 6. The number of hydrogen-bond acceptors (Lipinski definition) is 4. The van der Waals surface area contributed by atoms with E-state index in [4.69, 9.17) is 0 Å². The van der Waals surface area contributed by atoms with E-state index in [1.165, 1.54) is 6.26 Å². The summed E-state index contributed by atoms with van der Waals surface area (Å²) in [6, 6.07) is 10.1. The monoisotopic (exact) mass is 519 g/mol. The second kappa shape index (κ2) is 9.73. The zero-order valence-electron chi connectivity index (χ0n) is 17.3. The van der Waals surface area contributed by atoms with Crippen molar-refractivity contribution in [3.8, 4) is 5.69 Å². The third kappa shape index (κ3) is 5.94. The van der Waals surface area contributed by atoms with Crippen molar-refractivity contribution in [2.75, 3.05) is 19.8 Å². The van der Waals surface area contributed by atoms with E-state index >= 15 is 0 Å². The van der Waals surface area contributed by atoms with Gasteiger partial charge in [0, 0.05) is 32.1 Å². The van der Waals surface area contributed by atoms with Gasteiger partial charge in [0.05, 0.1) is 16.1 Å². The van der Waals surface area contributed by atoms with Crippen LogP contribution in [0.4, 0.5) is 0 Å². The first kappa shape index (κ1) is 24.4. The first-order valence-corrected chi connectivity index (χ1v) is 10.7. The largest absolute Gasteiger partial charge is 0.355 e. The lowest BCUT2D eigenvalue weighted by atomic mass is 10.1. The molecule has 1 heterocycles. The number of hydrogen-bond donors (Lipinski definition) is 2. The maximum Gasteiger partial charge on any atom is 0.191 e. The van der Waals surface area contributed by atoms with Gasteiger partial charge in [-0.3, -0.25) is 4.99 Å². The molecule has 0 saturated carbocycles. The number of sulfone groups is 1. The molecule has 0 aliphatic heterocycles. The maximum atomic E-state index is 11.9. The van der Waals surface area contributed by atoms with Crippen molar-refractivity contribution in [3.05, 3.63) is 47.3 Å². The first-order valence-electron chi connectivity index (χ1n) is 8.81. The molecule has 1 aromatic heterocycles. The Morgan fingerprint density at radius 1 is 1.21 bits per heavy atom. The SMILES string of the molecule is CN=C(NCc1ccccc1-n1nc(C)cc1C)NCC(C)(C)S(C)(=O)=O.I. The molecule has 2 rings (SSSR count). The fraction of sp³-hybridized carbons (Fsp3) is 0.474. The molecule has 0 atom stereocenters. The Bertz CT molecular complexity index is 936. The smallest absolute Gasteiger partial charge is 0.191 e. The van der Waals surface area contributed by atoms with Gasteiger partial charge in [-0.05, 0) is 45.4 Å². The van der Waals surface area contributed by atoms with Crippen molar-refractivity contribution in [3.63, 3.8) is 0 Å². The van der Waals surface area contributed by atoms with E-state index in [0.29, 0.717) is 12.5 Å². The lowest BCUT2D eigenvalue weighted by Gasteiger charge is -2.24. The first-order chi connectivity index (χ1) is 12.5. The molecule has 0 unspecified atom stereocenters. The molecule has 0 aliphatic carbocycles. The Hall–Kier alpha value is -1.62. The number of halogens is 1. The summed E-state index contributed by atoms with van der Waals surface area (Å²) in [4.78, 5) is 4.19.